The van der Waals surface area contributed by atoms with E-state index in [0.29, 0.717) is 18.7 Å². The Labute approximate surface area is 108 Å². The lowest BCUT2D eigenvalue weighted by Gasteiger charge is -2.15. The molecule has 96 valence electrons. The van der Waals surface area contributed by atoms with Crippen molar-refractivity contribution in [2.24, 2.45) is 5.41 Å². The summed E-state index contributed by atoms with van der Waals surface area (Å²) in [4.78, 5) is 11.8. The third kappa shape index (κ3) is 4.10. The minimum atomic E-state index is -0.555. The van der Waals surface area contributed by atoms with Gasteiger partial charge >= 0.3 is 0 Å². The number of ether oxygens (including phenoxy) is 1. The molecule has 1 amide bonds. The van der Waals surface area contributed by atoms with E-state index in [1.807, 2.05) is 6.92 Å². The molecular formula is C14H18N2O2. The number of amides is 1. The first-order valence-corrected chi connectivity index (χ1v) is 5.91. The van der Waals surface area contributed by atoms with Crippen molar-refractivity contribution in [2.75, 3.05) is 13.2 Å². The molecule has 1 N–H and O–H groups in total. The Hall–Kier alpha value is -2.02. The minimum absolute atomic E-state index is 0.179. The molecule has 0 saturated heterocycles. The van der Waals surface area contributed by atoms with Crippen LogP contribution in [0.15, 0.2) is 24.3 Å². The second-order valence-corrected chi connectivity index (χ2v) is 4.64. The summed E-state index contributed by atoms with van der Waals surface area (Å²) in [7, 11) is 0. The summed E-state index contributed by atoms with van der Waals surface area (Å²) in [6, 6.07) is 9.07. The molecule has 0 aliphatic heterocycles. The van der Waals surface area contributed by atoms with Crippen LogP contribution < -0.4 is 10.1 Å². The fourth-order valence-electron chi connectivity index (χ4n) is 1.31. The summed E-state index contributed by atoms with van der Waals surface area (Å²) in [5, 5.41) is 11.6. The highest BCUT2D eigenvalue weighted by Gasteiger charge is 2.18. The highest BCUT2D eigenvalue weighted by Crippen LogP contribution is 2.13. The molecule has 1 aromatic rings. The van der Waals surface area contributed by atoms with E-state index in [2.05, 4.69) is 11.4 Å². The Morgan fingerprint density at radius 1 is 1.39 bits per heavy atom. The predicted octanol–water partition coefficient (Wildman–Crippen LogP) is 2.36. The van der Waals surface area contributed by atoms with E-state index in [1.165, 1.54) is 0 Å². The lowest BCUT2D eigenvalue weighted by Crippen LogP contribution is -2.33. The topological polar surface area (TPSA) is 62.1 Å². The third-order valence-corrected chi connectivity index (χ3v) is 2.42. The van der Waals surface area contributed by atoms with Gasteiger partial charge in [0, 0.05) is 12.1 Å². The zero-order valence-corrected chi connectivity index (χ0v) is 11.0. The van der Waals surface area contributed by atoms with Gasteiger partial charge in [-0.25, -0.2) is 0 Å². The molecule has 0 spiro atoms. The van der Waals surface area contributed by atoms with Crippen LogP contribution in [0.3, 0.4) is 0 Å². The van der Waals surface area contributed by atoms with Gasteiger partial charge in [-0.15, -0.1) is 0 Å². The molecule has 18 heavy (non-hydrogen) atoms. The molecule has 4 heteroatoms. The van der Waals surface area contributed by atoms with Crippen LogP contribution in [0, 0.1) is 16.7 Å². The summed E-state index contributed by atoms with van der Waals surface area (Å²) in [5.41, 5.74) is 0.00758. The monoisotopic (exact) mass is 246 g/mol. The van der Waals surface area contributed by atoms with E-state index in [-0.39, 0.29) is 5.91 Å². The normalized spacial score (nSPS) is 10.6. The van der Waals surface area contributed by atoms with E-state index < -0.39 is 5.41 Å². The Morgan fingerprint density at radius 3 is 2.50 bits per heavy atom. The van der Waals surface area contributed by atoms with E-state index in [0.717, 1.165) is 5.75 Å². The van der Waals surface area contributed by atoms with Crippen LogP contribution in [0.4, 0.5) is 0 Å². The highest BCUT2D eigenvalue weighted by atomic mass is 16.5. The van der Waals surface area contributed by atoms with Crippen LogP contribution >= 0.6 is 0 Å². The Bertz CT molecular complexity index is 444. The van der Waals surface area contributed by atoms with Gasteiger partial charge in [0.2, 0.25) is 0 Å². The molecule has 0 atom stereocenters. The largest absolute Gasteiger partial charge is 0.494 e. The molecule has 0 saturated carbocycles. The van der Waals surface area contributed by atoms with Crippen LogP contribution in [0.5, 0.6) is 5.75 Å². The molecule has 0 aromatic heterocycles. The average Bonchev–Trinajstić information content (AvgIpc) is 2.37. The quantitative estimate of drug-likeness (QED) is 0.867. The molecule has 0 aliphatic rings. The van der Waals surface area contributed by atoms with Crippen molar-refractivity contribution in [1.82, 2.24) is 5.32 Å². The Kier molecular flexibility index (Phi) is 4.73. The fourth-order valence-corrected chi connectivity index (χ4v) is 1.31. The van der Waals surface area contributed by atoms with E-state index in [1.54, 1.807) is 38.1 Å². The molecule has 1 rings (SSSR count). The van der Waals surface area contributed by atoms with Gasteiger partial charge in [0.05, 0.1) is 18.1 Å². The summed E-state index contributed by atoms with van der Waals surface area (Å²) >= 11 is 0. The molecule has 0 unspecified atom stereocenters. The third-order valence-electron chi connectivity index (χ3n) is 2.42. The first-order chi connectivity index (χ1) is 8.48. The lowest BCUT2D eigenvalue weighted by molar-refractivity contribution is 0.0943. The van der Waals surface area contributed by atoms with Crippen molar-refractivity contribution in [3.05, 3.63) is 29.8 Å². The van der Waals surface area contributed by atoms with Crippen molar-refractivity contribution >= 4 is 5.91 Å². The van der Waals surface area contributed by atoms with Crippen LogP contribution in [-0.4, -0.2) is 19.1 Å². The summed E-state index contributed by atoms with van der Waals surface area (Å²) in [5.74, 6) is 0.563. The van der Waals surface area contributed by atoms with Crippen molar-refractivity contribution in [3.63, 3.8) is 0 Å². The number of nitriles is 1. The fraction of sp³-hybridized carbons (Fsp3) is 0.429. The molecule has 0 fully saturated rings. The van der Waals surface area contributed by atoms with E-state index >= 15 is 0 Å². The molecule has 0 heterocycles. The molecule has 4 nitrogen and oxygen atoms in total. The second kappa shape index (κ2) is 6.06. The van der Waals surface area contributed by atoms with E-state index in [9.17, 15) is 4.79 Å². The standard InChI is InChI=1S/C14H18N2O2/c1-4-18-12-7-5-11(6-8-12)13(17)16-10-14(2,3)9-15/h5-8H,4,10H2,1-3H3,(H,16,17). The van der Waals surface area contributed by atoms with Crippen LogP contribution in [0.1, 0.15) is 31.1 Å². The van der Waals surface area contributed by atoms with Crippen LogP contribution in [0.2, 0.25) is 0 Å². The number of carbonyl (C=O) groups is 1. The van der Waals surface area contributed by atoms with Crippen LogP contribution in [0.25, 0.3) is 0 Å². The van der Waals surface area contributed by atoms with Crippen molar-refractivity contribution in [1.29, 1.82) is 5.26 Å². The number of hydrogen-bond acceptors (Lipinski definition) is 3. The smallest absolute Gasteiger partial charge is 0.251 e. The number of nitrogens with zero attached hydrogens (tertiary/aromatic N) is 1. The van der Waals surface area contributed by atoms with Gasteiger partial charge in [0.25, 0.3) is 5.91 Å². The summed E-state index contributed by atoms with van der Waals surface area (Å²) in [6.45, 7) is 6.40. The number of nitrogens with one attached hydrogen (secondary N) is 1. The van der Waals surface area contributed by atoms with Gasteiger partial charge in [-0.3, -0.25) is 4.79 Å². The first kappa shape index (κ1) is 14.0. The zero-order valence-electron chi connectivity index (χ0n) is 11.0. The van der Waals surface area contributed by atoms with Crippen molar-refractivity contribution in [3.8, 4) is 11.8 Å². The molecule has 0 radical (unpaired) electrons. The molecule has 0 aliphatic carbocycles. The average molecular weight is 246 g/mol. The maximum absolute atomic E-state index is 11.8. The Morgan fingerprint density at radius 2 is 2.00 bits per heavy atom. The maximum atomic E-state index is 11.8. The van der Waals surface area contributed by atoms with Gasteiger partial charge in [-0.2, -0.15) is 5.26 Å². The summed E-state index contributed by atoms with van der Waals surface area (Å²) < 4.78 is 5.30. The van der Waals surface area contributed by atoms with Crippen molar-refractivity contribution in [2.45, 2.75) is 20.8 Å². The molecule has 0 bridgehead atoms. The van der Waals surface area contributed by atoms with Gasteiger partial charge < -0.3 is 10.1 Å². The Balaban J connectivity index is 2.60. The van der Waals surface area contributed by atoms with Crippen LogP contribution in [-0.2, 0) is 0 Å². The highest BCUT2D eigenvalue weighted by molar-refractivity contribution is 5.94. The predicted molar refractivity (Wildman–Crippen MR) is 69.3 cm³/mol. The number of rotatable bonds is 5. The van der Waals surface area contributed by atoms with Crippen molar-refractivity contribution < 1.29 is 9.53 Å². The SMILES string of the molecule is CCOc1ccc(C(=O)NCC(C)(C)C#N)cc1. The van der Waals surface area contributed by atoms with Gasteiger partial charge in [-0.1, -0.05) is 0 Å². The zero-order chi connectivity index (χ0) is 13.6. The molecule has 1 aromatic carbocycles. The first-order valence-electron chi connectivity index (χ1n) is 5.91. The lowest BCUT2D eigenvalue weighted by atomic mass is 9.96. The number of hydrogen-bond donors (Lipinski definition) is 1. The minimum Gasteiger partial charge on any atom is -0.494 e. The number of carbonyl (C=O) groups excluding carboxylic acids is 1. The maximum Gasteiger partial charge on any atom is 0.251 e. The van der Waals surface area contributed by atoms with E-state index in [4.69, 9.17) is 10.00 Å². The number of benzene rings is 1. The molecular weight excluding hydrogens is 228 g/mol. The second-order valence-electron chi connectivity index (χ2n) is 4.64. The summed E-state index contributed by atoms with van der Waals surface area (Å²) in [6.07, 6.45) is 0. The van der Waals surface area contributed by atoms with Gasteiger partial charge in [-0.05, 0) is 45.0 Å². The van der Waals surface area contributed by atoms with Gasteiger partial charge in [0.15, 0.2) is 0 Å². The van der Waals surface area contributed by atoms with Gasteiger partial charge in [0.1, 0.15) is 5.75 Å².